The Labute approximate surface area is 172 Å². The van der Waals surface area contributed by atoms with Crippen molar-refractivity contribution in [1.29, 1.82) is 0 Å². The summed E-state index contributed by atoms with van der Waals surface area (Å²) < 4.78 is 28.4. The normalized spacial score (nSPS) is 17.3. The summed E-state index contributed by atoms with van der Waals surface area (Å²) in [6.45, 7) is 2.01. The zero-order valence-electron chi connectivity index (χ0n) is 16.3. The molecule has 3 aromatic carbocycles. The number of benzene rings is 3. The van der Waals surface area contributed by atoms with E-state index in [1.807, 2.05) is 6.92 Å². The van der Waals surface area contributed by atoms with Crippen molar-refractivity contribution in [2.75, 3.05) is 10.6 Å². The highest BCUT2D eigenvalue weighted by atomic mass is 19.1. The first kappa shape index (κ1) is 19.8. The SMILES string of the molecule is CC1CC1C(=O)Nc1cccc(C(=O)Nc2c(F)cc(F)cc2-c2ccccc2)c1. The molecule has 1 fully saturated rings. The summed E-state index contributed by atoms with van der Waals surface area (Å²) in [7, 11) is 0. The van der Waals surface area contributed by atoms with E-state index in [0.29, 0.717) is 17.2 Å². The first-order valence-electron chi connectivity index (χ1n) is 9.69. The van der Waals surface area contributed by atoms with Crippen LogP contribution in [-0.4, -0.2) is 11.8 Å². The number of halogens is 2. The predicted octanol–water partition coefficient (Wildman–Crippen LogP) is 5.48. The minimum Gasteiger partial charge on any atom is -0.326 e. The third-order valence-corrected chi connectivity index (χ3v) is 5.22. The number of nitrogens with one attached hydrogen (secondary N) is 2. The molecule has 3 aromatic rings. The number of anilines is 2. The van der Waals surface area contributed by atoms with E-state index in [1.54, 1.807) is 48.5 Å². The third-order valence-electron chi connectivity index (χ3n) is 5.22. The smallest absolute Gasteiger partial charge is 0.255 e. The van der Waals surface area contributed by atoms with Gasteiger partial charge in [0.25, 0.3) is 5.91 Å². The lowest BCUT2D eigenvalue weighted by Crippen LogP contribution is -2.17. The second kappa shape index (κ2) is 8.06. The average molecular weight is 406 g/mol. The maximum Gasteiger partial charge on any atom is 0.255 e. The minimum absolute atomic E-state index is 0.00391. The number of amides is 2. The summed E-state index contributed by atoms with van der Waals surface area (Å²) in [6.07, 6.45) is 0.859. The van der Waals surface area contributed by atoms with E-state index in [1.165, 1.54) is 12.1 Å². The molecule has 0 radical (unpaired) electrons. The molecule has 30 heavy (non-hydrogen) atoms. The number of carbonyl (C=O) groups is 2. The van der Waals surface area contributed by atoms with Gasteiger partial charge in [-0.05, 0) is 42.2 Å². The molecular formula is C24H20F2N2O2. The molecule has 0 saturated heterocycles. The van der Waals surface area contributed by atoms with Gasteiger partial charge in [-0.15, -0.1) is 0 Å². The molecule has 1 aliphatic rings. The van der Waals surface area contributed by atoms with Crippen molar-refractivity contribution in [3.05, 3.63) is 83.9 Å². The molecule has 0 heterocycles. The quantitative estimate of drug-likeness (QED) is 0.590. The van der Waals surface area contributed by atoms with E-state index in [4.69, 9.17) is 0 Å². The fourth-order valence-electron chi connectivity index (χ4n) is 3.39. The van der Waals surface area contributed by atoms with Crippen molar-refractivity contribution in [3.8, 4) is 11.1 Å². The third kappa shape index (κ3) is 4.22. The van der Waals surface area contributed by atoms with Crippen LogP contribution in [0.5, 0.6) is 0 Å². The van der Waals surface area contributed by atoms with Crippen LogP contribution < -0.4 is 10.6 Å². The second-order valence-electron chi connectivity index (χ2n) is 7.52. The van der Waals surface area contributed by atoms with Crippen LogP contribution in [0, 0.1) is 23.5 Å². The van der Waals surface area contributed by atoms with Gasteiger partial charge in [0.05, 0.1) is 5.69 Å². The van der Waals surface area contributed by atoms with Gasteiger partial charge in [-0.2, -0.15) is 0 Å². The molecule has 4 rings (SSSR count). The first-order chi connectivity index (χ1) is 14.4. The van der Waals surface area contributed by atoms with E-state index >= 15 is 0 Å². The van der Waals surface area contributed by atoms with Crippen molar-refractivity contribution in [1.82, 2.24) is 0 Å². The van der Waals surface area contributed by atoms with Crippen LogP contribution in [0.3, 0.4) is 0 Å². The van der Waals surface area contributed by atoms with Crippen LogP contribution in [-0.2, 0) is 4.79 Å². The Morgan fingerprint density at radius 1 is 0.933 bits per heavy atom. The summed E-state index contributed by atoms with van der Waals surface area (Å²) in [5.74, 6) is -1.86. The fraction of sp³-hybridized carbons (Fsp3) is 0.167. The van der Waals surface area contributed by atoms with Gasteiger partial charge in [-0.3, -0.25) is 9.59 Å². The monoisotopic (exact) mass is 406 g/mol. The Morgan fingerprint density at radius 3 is 2.37 bits per heavy atom. The molecule has 0 spiro atoms. The lowest BCUT2D eigenvalue weighted by molar-refractivity contribution is -0.117. The molecule has 0 aliphatic heterocycles. The lowest BCUT2D eigenvalue weighted by atomic mass is 10.0. The topological polar surface area (TPSA) is 58.2 Å². The van der Waals surface area contributed by atoms with Crippen molar-refractivity contribution in [2.24, 2.45) is 11.8 Å². The molecule has 2 amide bonds. The Bertz CT molecular complexity index is 1120. The molecule has 1 saturated carbocycles. The van der Waals surface area contributed by atoms with Crippen LogP contribution in [0.25, 0.3) is 11.1 Å². The molecule has 2 unspecified atom stereocenters. The number of hydrogen-bond donors (Lipinski definition) is 2. The molecule has 6 heteroatoms. The highest BCUT2D eigenvalue weighted by Crippen LogP contribution is 2.38. The van der Waals surface area contributed by atoms with E-state index in [-0.39, 0.29) is 28.6 Å². The van der Waals surface area contributed by atoms with Crippen LogP contribution in [0.4, 0.5) is 20.2 Å². The predicted molar refractivity (Wildman–Crippen MR) is 112 cm³/mol. The summed E-state index contributed by atoms with van der Waals surface area (Å²) in [5, 5.41) is 5.36. The second-order valence-corrected chi connectivity index (χ2v) is 7.52. The van der Waals surface area contributed by atoms with E-state index < -0.39 is 17.5 Å². The first-order valence-corrected chi connectivity index (χ1v) is 9.69. The maximum atomic E-state index is 14.5. The zero-order chi connectivity index (χ0) is 21.3. The fourth-order valence-corrected chi connectivity index (χ4v) is 3.39. The van der Waals surface area contributed by atoms with Crippen LogP contribution in [0.1, 0.15) is 23.7 Å². The molecule has 0 aromatic heterocycles. The van der Waals surface area contributed by atoms with E-state index in [9.17, 15) is 18.4 Å². The minimum atomic E-state index is -0.866. The van der Waals surface area contributed by atoms with Gasteiger partial charge in [0.15, 0.2) is 0 Å². The summed E-state index contributed by atoms with van der Waals surface area (Å²) in [4.78, 5) is 24.9. The van der Waals surface area contributed by atoms with E-state index in [0.717, 1.165) is 12.5 Å². The highest BCUT2D eigenvalue weighted by Gasteiger charge is 2.39. The molecule has 2 N–H and O–H groups in total. The van der Waals surface area contributed by atoms with Gasteiger partial charge in [0.1, 0.15) is 11.6 Å². The number of rotatable bonds is 5. The van der Waals surface area contributed by atoms with Crippen molar-refractivity contribution < 1.29 is 18.4 Å². The Balaban J connectivity index is 1.59. The van der Waals surface area contributed by atoms with Crippen LogP contribution in [0.2, 0.25) is 0 Å². The Morgan fingerprint density at radius 2 is 1.67 bits per heavy atom. The molecule has 4 nitrogen and oxygen atoms in total. The summed E-state index contributed by atoms with van der Waals surface area (Å²) in [5.41, 5.74) is 1.46. The van der Waals surface area contributed by atoms with Gasteiger partial charge in [0, 0.05) is 28.8 Å². The summed E-state index contributed by atoms with van der Waals surface area (Å²) >= 11 is 0. The lowest BCUT2D eigenvalue weighted by Gasteiger charge is -2.13. The Kier molecular flexibility index (Phi) is 5.31. The largest absolute Gasteiger partial charge is 0.326 e. The van der Waals surface area contributed by atoms with Gasteiger partial charge < -0.3 is 10.6 Å². The van der Waals surface area contributed by atoms with E-state index in [2.05, 4.69) is 10.6 Å². The highest BCUT2D eigenvalue weighted by molar-refractivity contribution is 6.07. The zero-order valence-corrected chi connectivity index (χ0v) is 16.3. The van der Waals surface area contributed by atoms with Gasteiger partial charge in [0.2, 0.25) is 5.91 Å². The Hall–Kier alpha value is -3.54. The molecule has 1 aliphatic carbocycles. The van der Waals surface area contributed by atoms with Gasteiger partial charge in [-0.1, -0.05) is 43.3 Å². The van der Waals surface area contributed by atoms with Gasteiger partial charge >= 0.3 is 0 Å². The number of hydrogen-bond acceptors (Lipinski definition) is 2. The van der Waals surface area contributed by atoms with Crippen molar-refractivity contribution >= 4 is 23.2 Å². The molecule has 0 bridgehead atoms. The molecule has 152 valence electrons. The van der Waals surface area contributed by atoms with Crippen LogP contribution >= 0.6 is 0 Å². The van der Waals surface area contributed by atoms with Crippen molar-refractivity contribution in [2.45, 2.75) is 13.3 Å². The standard InChI is InChI=1S/C24H20F2N2O2/c1-14-10-19(14)24(30)27-18-9-5-8-16(11-18)23(29)28-22-20(12-17(25)13-21(22)26)15-6-3-2-4-7-15/h2-9,11-14,19H,10H2,1H3,(H,27,30)(H,28,29). The average Bonchev–Trinajstić information content (AvgIpc) is 3.47. The summed E-state index contributed by atoms with van der Waals surface area (Å²) in [6, 6.07) is 17.0. The molecule has 2 atom stereocenters. The number of carbonyl (C=O) groups excluding carboxylic acids is 2. The van der Waals surface area contributed by atoms with Crippen molar-refractivity contribution in [3.63, 3.8) is 0 Å². The molecular weight excluding hydrogens is 386 g/mol. The van der Waals surface area contributed by atoms with Crippen LogP contribution in [0.15, 0.2) is 66.7 Å². The van der Waals surface area contributed by atoms with Gasteiger partial charge in [-0.25, -0.2) is 8.78 Å². The maximum absolute atomic E-state index is 14.5.